The molecule has 0 saturated carbocycles. The number of carboxylic acid groups (broad SMARTS) is 1. The second-order valence-electron chi connectivity index (χ2n) is 9.49. The Balaban J connectivity index is 1.56. The van der Waals surface area contributed by atoms with Crippen molar-refractivity contribution in [3.8, 4) is 22.5 Å². The van der Waals surface area contributed by atoms with Crippen molar-refractivity contribution in [2.45, 2.75) is 32.1 Å². The van der Waals surface area contributed by atoms with E-state index in [0.29, 0.717) is 44.1 Å². The van der Waals surface area contributed by atoms with Gasteiger partial charge in [0.25, 0.3) is 0 Å². The SMILES string of the molecule is CCCC(CC(=O)c1ccc(-c2c(Cl)cccc2-c2nc3cc(Cl)c(F)cc3[nH]2)c(C(=O)O)c1)c1ccncc1. The van der Waals surface area contributed by atoms with Crippen molar-refractivity contribution >= 4 is 46.0 Å². The average molecular weight is 576 g/mol. The third-order valence-electron chi connectivity index (χ3n) is 6.88. The quantitative estimate of drug-likeness (QED) is 0.171. The summed E-state index contributed by atoms with van der Waals surface area (Å²) in [6.07, 6.45) is 5.36. The van der Waals surface area contributed by atoms with Gasteiger partial charge in [0.1, 0.15) is 11.6 Å². The molecule has 0 spiro atoms. The van der Waals surface area contributed by atoms with Gasteiger partial charge in [-0.2, -0.15) is 0 Å². The van der Waals surface area contributed by atoms with Gasteiger partial charge in [-0.1, -0.05) is 60.8 Å². The van der Waals surface area contributed by atoms with Crippen LogP contribution in [-0.4, -0.2) is 31.8 Å². The normalized spacial score (nSPS) is 12.0. The molecule has 2 N–H and O–H groups in total. The molecule has 0 saturated heterocycles. The Morgan fingerprint density at radius 1 is 1.00 bits per heavy atom. The van der Waals surface area contributed by atoms with Gasteiger partial charge in [-0.25, -0.2) is 14.2 Å². The third kappa shape index (κ3) is 5.48. The fraction of sp³-hybridized carbons (Fsp3) is 0.161. The van der Waals surface area contributed by atoms with Crippen LogP contribution in [0, 0.1) is 5.82 Å². The fourth-order valence-electron chi connectivity index (χ4n) is 4.95. The average Bonchev–Trinajstić information content (AvgIpc) is 3.35. The number of H-pyrrole nitrogens is 1. The second-order valence-corrected chi connectivity index (χ2v) is 10.3. The number of fused-ring (bicyclic) bond motifs is 1. The van der Waals surface area contributed by atoms with Gasteiger partial charge < -0.3 is 10.1 Å². The van der Waals surface area contributed by atoms with Gasteiger partial charge in [-0.15, -0.1) is 0 Å². The maximum atomic E-state index is 14.0. The number of rotatable bonds is 9. The molecule has 5 rings (SSSR count). The van der Waals surface area contributed by atoms with Gasteiger partial charge >= 0.3 is 5.97 Å². The molecule has 1 atom stereocenters. The highest BCUT2D eigenvalue weighted by atomic mass is 35.5. The number of nitrogens with zero attached hydrogens (tertiary/aromatic N) is 2. The van der Waals surface area contributed by atoms with E-state index < -0.39 is 11.8 Å². The molecule has 2 heterocycles. The highest BCUT2D eigenvalue weighted by Crippen LogP contribution is 2.40. The van der Waals surface area contributed by atoms with Crippen LogP contribution in [0.1, 0.15) is 58.4 Å². The number of benzene rings is 3. The van der Waals surface area contributed by atoms with Gasteiger partial charge in [0, 0.05) is 46.6 Å². The minimum Gasteiger partial charge on any atom is -0.478 e. The van der Waals surface area contributed by atoms with E-state index in [9.17, 15) is 19.1 Å². The standard InChI is InChI=1S/C31H24Cl2FN3O3/c1-2-4-18(17-9-11-35-12-10-17)14-28(38)19-7-8-20(22(13-19)31(39)40)29-21(5-3-6-23(29)32)30-36-26-15-24(33)25(34)16-27(26)37-30/h3,5-13,15-16,18H,2,4,14H2,1H3,(H,36,37)(H,39,40). The number of aromatic amines is 1. The van der Waals surface area contributed by atoms with Crippen molar-refractivity contribution in [3.05, 3.63) is 106 Å². The van der Waals surface area contributed by atoms with Crippen LogP contribution in [0.2, 0.25) is 10.0 Å². The van der Waals surface area contributed by atoms with Gasteiger partial charge in [0.05, 0.1) is 21.6 Å². The number of carbonyl (C=O) groups excluding carboxylic acids is 1. The molecule has 0 aliphatic rings. The molecule has 6 nitrogen and oxygen atoms in total. The molecule has 0 bridgehead atoms. The van der Waals surface area contributed by atoms with Crippen LogP contribution in [0.3, 0.4) is 0 Å². The zero-order valence-corrected chi connectivity index (χ0v) is 22.9. The number of ketones is 1. The molecule has 1 unspecified atom stereocenters. The smallest absolute Gasteiger partial charge is 0.336 e. The predicted molar refractivity (Wildman–Crippen MR) is 155 cm³/mol. The van der Waals surface area contributed by atoms with Crippen molar-refractivity contribution in [1.82, 2.24) is 15.0 Å². The summed E-state index contributed by atoms with van der Waals surface area (Å²) in [5.74, 6) is -1.58. The van der Waals surface area contributed by atoms with E-state index >= 15 is 0 Å². The summed E-state index contributed by atoms with van der Waals surface area (Å²) in [4.78, 5) is 37.5. The number of carboxylic acids is 1. The van der Waals surface area contributed by atoms with Crippen molar-refractivity contribution < 1.29 is 19.1 Å². The topological polar surface area (TPSA) is 95.9 Å². The van der Waals surface area contributed by atoms with Gasteiger partial charge in [0.2, 0.25) is 0 Å². The molecule has 5 aromatic rings. The van der Waals surface area contributed by atoms with Gasteiger partial charge in [-0.05, 0) is 53.8 Å². The molecule has 40 heavy (non-hydrogen) atoms. The monoisotopic (exact) mass is 575 g/mol. The Labute approximate surface area is 239 Å². The maximum absolute atomic E-state index is 14.0. The number of hydrogen-bond donors (Lipinski definition) is 2. The Hall–Kier alpha value is -4.07. The first-order chi connectivity index (χ1) is 19.3. The van der Waals surface area contributed by atoms with Crippen LogP contribution in [0.15, 0.2) is 73.1 Å². The highest BCUT2D eigenvalue weighted by molar-refractivity contribution is 6.34. The summed E-state index contributed by atoms with van der Waals surface area (Å²) < 4.78 is 14.0. The van der Waals surface area contributed by atoms with Crippen LogP contribution >= 0.6 is 23.2 Å². The van der Waals surface area contributed by atoms with Crippen LogP contribution < -0.4 is 0 Å². The number of hydrogen-bond acceptors (Lipinski definition) is 4. The molecule has 3 aromatic carbocycles. The molecule has 0 radical (unpaired) electrons. The minimum atomic E-state index is -1.20. The summed E-state index contributed by atoms with van der Waals surface area (Å²) in [7, 11) is 0. The molecular formula is C31H24Cl2FN3O3. The molecule has 0 aliphatic heterocycles. The highest BCUT2D eigenvalue weighted by Gasteiger charge is 2.23. The first-order valence-corrected chi connectivity index (χ1v) is 13.5. The number of carbonyl (C=O) groups is 2. The molecule has 0 amide bonds. The number of imidazole rings is 1. The summed E-state index contributed by atoms with van der Waals surface area (Å²) in [6, 6.07) is 16.2. The van der Waals surface area contributed by atoms with Crippen LogP contribution in [0.4, 0.5) is 4.39 Å². The summed E-state index contributed by atoms with van der Waals surface area (Å²) >= 11 is 12.6. The van der Waals surface area contributed by atoms with Crippen LogP contribution in [0.5, 0.6) is 0 Å². The number of aromatic carboxylic acids is 1. The number of nitrogens with one attached hydrogen (secondary N) is 1. The molecule has 0 aliphatic carbocycles. The zero-order chi connectivity index (χ0) is 28.4. The predicted octanol–water partition coefficient (Wildman–Crippen LogP) is 8.59. The Bertz CT molecular complexity index is 1700. The lowest BCUT2D eigenvalue weighted by Gasteiger charge is -2.17. The van der Waals surface area contributed by atoms with Crippen LogP contribution in [0.25, 0.3) is 33.5 Å². The van der Waals surface area contributed by atoms with Crippen molar-refractivity contribution in [3.63, 3.8) is 0 Å². The minimum absolute atomic E-state index is 0.00458. The molecular weight excluding hydrogens is 552 g/mol. The Morgan fingerprint density at radius 3 is 2.50 bits per heavy atom. The number of Topliss-reactive ketones (excluding diaryl/α,β-unsaturated/α-hetero) is 1. The van der Waals surface area contributed by atoms with E-state index in [-0.39, 0.29) is 28.7 Å². The van der Waals surface area contributed by atoms with E-state index in [1.165, 1.54) is 18.2 Å². The Morgan fingerprint density at radius 2 is 1.77 bits per heavy atom. The summed E-state index contributed by atoms with van der Waals surface area (Å²) in [6.45, 7) is 2.06. The number of halogens is 3. The van der Waals surface area contributed by atoms with Crippen molar-refractivity contribution in [1.29, 1.82) is 0 Å². The van der Waals surface area contributed by atoms with E-state index in [1.54, 1.807) is 42.7 Å². The Kier molecular flexibility index (Phi) is 7.96. The van der Waals surface area contributed by atoms with Crippen molar-refractivity contribution in [2.75, 3.05) is 0 Å². The molecule has 2 aromatic heterocycles. The van der Waals surface area contributed by atoms with Gasteiger partial charge in [0.15, 0.2) is 5.78 Å². The van der Waals surface area contributed by atoms with E-state index in [2.05, 4.69) is 21.9 Å². The number of aromatic nitrogens is 3. The zero-order valence-electron chi connectivity index (χ0n) is 21.4. The number of pyridine rings is 1. The summed E-state index contributed by atoms with van der Waals surface area (Å²) in [5.41, 5.74) is 3.40. The lowest BCUT2D eigenvalue weighted by Crippen LogP contribution is -2.10. The molecule has 202 valence electrons. The van der Waals surface area contributed by atoms with E-state index in [4.69, 9.17) is 23.2 Å². The van der Waals surface area contributed by atoms with E-state index in [1.807, 2.05) is 12.1 Å². The third-order valence-corrected chi connectivity index (χ3v) is 7.49. The first-order valence-electron chi connectivity index (χ1n) is 12.7. The van der Waals surface area contributed by atoms with Crippen molar-refractivity contribution in [2.24, 2.45) is 0 Å². The lowest BCUT2D eigenvalue weighted by molar-refractivity contribution is 0.0697. The first kappa shape index (κ1) is 27.5. The molecule has 0 fully saturated rings. The maximum Gasteiger partial charge on any atom is 0.336 e. The second kappa shape index (κ2) is 11.6. The van der Waals surface area contributed by atoms with Gasteiger partial charge in [-0.3, -0.25) is 9.78 Å². The lowest BCUT2D eigenvalue weighted by atomic mass is 9.87. The van der Waals surface area contributed by atoms with E-state index in [0.717, 1.165) is 18.4 Å². The van der Waals surface area contributed by atoms with Crippen LogP contribution in [-0.2, 0) is 0 Å². The fourth-order valence-corrected chi connectivity index (χ4v) is 5.39. The summed E-state index contributed by atoms with van der Waals surface area (Å²) in [5, 5.41) is 10.4. The molecule has 9 heteroatoms. The largest absolute Gasteiger partial charge is 0.478 e.